The number of unbranched alkanes of at least 4 members (excludes halogenated alkanes) is 7. The standard InChI is InChI=1S/C18H28O/c1-2-3-4-5-6-7-8-9-11-16-12-10-13-17(14-16)18-15-19-18/h10,12-14,18H,2-9,11,15H2,1H3. The summed E-state index contributed by atoms with van der Waals surface area (Å²) in [6.07, 6.45) is 12.8. The molecule has 1 aromatic rings. The predicted octanol–water partition coefficient (Wildman–Crippen LogP) is 5.44. The van der Waals surface area contributed by atoms with Crippen molar-refractivity contribution >= 4 is 0 Å². The predicted molar refractivity (Wildman–Crippen MR) is 81.4 cm³/mol. The Hall–Kier alpha value is -0.820. The molecule has 0 bridgehead atoms. The fraction of sp³-hybridized carbons (Fsp3) is 0.667. The average molecular weight is 260 g/mol. The van der Waals surface area contributed by atoms with Crippen molar-refractivity contribution in [3.8, 4) is 0 Å². The Morgan fingerprint density at radius 1 is 1.00 bits per heavy atom. The van der Waals surface area contributed by atoms with Gasteiger partial charge in [0.25, 0.3) is 0 Å². The minimum absolute atomic E-state index is 0.401. The smallest absolute Gasteiger partial charge is 0.106 e. The quantitative estimate of drug-likeness (QED) is 0.403. The van der Waals surface area contributed by atoms with Gasteiger partial charge in [-0.25, -0.2) is 0 Å². The molecule has 0 spiro atoms. The van der Waals surface area contributed by atoms with E-state index in [0.29, 0.717) is 6.10 Å². The van der Waals surface area contributed by atoms with Gasteiger partial charge >= 0.3 is 0 Å². The Morgan fingerprint density at radius 3 is 2.37 bits per heavy atom. The van der Waals surface area contributed by atoms with E-state index in [1.807, 2.05) is 0 Å². The molecule has 0 aliphatic carbocycles. The summed E-state index contributed by atoms with van der Waals surface area (Å²) in [5.74, 6) is 0. The van der Waals surface area contributed by atoms with Crippen LogP contribution in [-0.4, -0.2) is 6.61 Å². The maximum absolute atomic E-state index is 5.34. The first kappa shape index (κ1) is 14.6. The summed E-state index contributed by atoms with van der Waals surface area (Å²) in [5, 5.41) is 0. The molecule has 19 heavy (non-hydrogen) atoms. The second-order valence-electron chi connectivity index (χ2n) is 5.79. The monoisotopic (exact) mass is 260 g/mol. The van der Waals surface area contributed by atoms with E-state index in [1.165, 1.54) is 68.9 Å². The summed E-state index contributed by atoms with van der Waals surface area (Å²) in [6.45, 7) is 3.20. The lowest BCUT2D eigenvalue weighted by molar-refractivity contribution is 0.415. The highest BCUT2D eigenvalue weighted by atomic mass is 16.6. The van der Waals surface area contributed by atoms with Crippen LogP contribution in [0.25, 0.3) is 0 Å². The molecule has 1 nitrogen and oxygen atoms in total. The molecule has 0 aromatic heterocycles. The van der Waals surface area contributed by atoms with E-state index in [0.717, 1.165) is 6.61 Å². The van der Waals surface area contributed by atoms with E-state index in [2.05, 4.69) is 31.2 Å². The van der Waals surface area contributed by atoms with Crippen molar-refractivity contribution in [2.75, 3.05) is 6.61 Å². The van der Waals surface area contributed by atoms with Crippen molar-refractivity contribution in [1.82, 2.24) is 0 Å². The molecule has 1 unspecified atom stereocenters. The Labute approximate surface area is 118 Å². The third-order valence-electron chi connectivity index (χ3n) is 3.98. The highest BCUT2D eigenvalue weighted by Crippen LogP contribution is 2.30. The van der Waals surface area contributed by atoms with Gasteiger partial charge in [-0.05, 0) is 24.0 Å². The highest BCUT2D eigenvalue weighted by Gasteiger charge is 2.24. The molecule has 1 fully saturated rings. The SMILES string of the molecule is CCCCCCCCCCc1cccc(C2CO2)c1. The van der Waals surface area contributed by atoms with Gasteiger partial charge in [0, 0.05) is 0 Å². The van der Waals surface area contributed by atoms with E-state index in [9.17, 15) is 0 Å². The van der Waals surface area contributed by atoms with Crippen molar-refractivity contribution in [1.29, 1.82) is 0 Å². The maximum atomic E-state index is 5.34. The minimum Gasteiger partial charge on any atom is -0.368 e. The van der Waals surface area contributed by atoms with Crippen molar-refractivity contribution in [3.05, 3.63) is 35.4 Å². The molecule has 0 saturated carbocycles. The first-order valence-corrected chi connectivity index (χ1v) is 8.10. The molecule has 106 valence electrons. The number of rotatable bonds is 10. The molecule has 0 amide bonds. The first-order chi connectivity index (χ1) is 9.40. The lowest BCUT2D eigenvalue weighted by atomic mass is 10.0. The molecule has 1 heteroatoms. The van der Waals surface area contributed by atoms with Crippen LogP contribution >= 0.6 is 0 Å². The van der Waals surface area contributed by atoms with Crippen molar-refractivity contribution in [2.24, 2.45) is 0 Å². The molecule has 1 saturated heterocycles. The zero-order valence-electron chi connectivity index (χ0n) is 12.4. The Kier molecular flexibility index (Phi) is 6.43. The van der Waals surface area contributed by atoms with Crippen LogP contribution in [-0.2, 0) is 11.2 Å². The van der Waals surface area contributed by atoms with Crippen LogP contribution < -0.4 is 0 Å². The average Bonchev–Trinajstić information content (AvgIpc) is 3.27. The zero-order valence-corrected chi connectivity index (χ0v) is 12.4. The molecule has 1 heterocycles. The first-order valence-electron chi connectivity index (χ1n) is 8.10. The van der Waals surface area contributed by atoms with Crippen LogP contribution in [0.3, 0.4) is 0 Å². The van der Waals surface area contributed by atoms with E-state index in [1.54, 1.807) is 0 Å². The van der Waals surface area contributed by atoms with Gasteiger partial charge in [0.05, 0.1) is 6.61 Å². The van der Waals surface area contributed by atoms with Crippen LogP contribution in [0.4, 0.5) is 0 Å². The Morgan fingerprint density at radius 2 is 1.68 bits per heavy atom. The second-order valence-corrected chi connectivity index (χ2v) is 5.79. The maximum Gasteiger partial charge on any atom is 0.106 e. The summed E-state index contributed by atoms with van der Waals surface area (Å²) in [6, 6.07) is 8.96. The van der Waals surface area contributed by atoms with Gasteiger partial charge in [0.2, 0.25) is 0 Å². The number of hydrogen-bond acceptors (Lipinski definition) is 1. The van der Waals surface area contributed by atoms with Crippen LogP contribution in [0.2, 0.25) is 0 Å². The number of hydrogen-bond donors (Lipinski definition) is 0. The molecule has 1 aromatic carbocycles. The number of epoxide rings is 1. The number of benzene rings is 1. The van der Waals surface area contributed by atoms with Crippen LogP contribution in [0, 0.1) is 0 Å². The van der Waals surface area contributed by atoms with Gasteiger partial charge in [-0.15, -0.1) is 0 Å². The minimum atomic E-state index is 0.401. The molecular formula is C18H28O. The molecule has 1 aliphatic rings. The van der Waals surface area contributed by atoms with Gasteiger partial charge in [0.15, 0.2) is 0 Å². The Bertz CT molecular complexity index is 354. The van der Waals surface area contributed by atoms with Crippen LogP contribution in [0.5, 0.6) is 0 Å². The van der Waals surface area contributed by atoms with Crippen molar-refractivity contribution < 1.29 is 4.74 Å². The highest BCUT2D eigenvalue weighted by molar-refractivity contribution is 5.27. The zero-order chi connectivity index (χ0) is 13.3. The number of aryl methyl sites for hydroxylation is 1. The second kappa shape index (κ2) is 8.37. The normalized spacial score (nSPS) is 17.6. The Balaban J connectivity index is 1.54. The fourth-order valence-electron chi connectivity index (χ4n) is 2.65. The molecular weight excluding hydrogens is 232 g/mol. The van der Waals surface area contributed by atoms with Crippen molar-refractivity contribution in [3.63, 3.8) is 0 Å². The van der Waals surface area contributed by atoms with Gasteiger partial charge in [-0.3, -0.25) is 0 Å². The summed E-state index contributed by atoms with van der Waals surface area (Å²) >= 11 is 0. The van der Waals surface area contributed by atoms with Crippen LogP contribution in [0.1, 0.15) is 75.5 Å². The summed E-state index contributed by atoms with van der Waals surface area (Å²) in [7, 11) is 0. The van der Waals surface area contributed by atoms with Gasteiger partial charge in [-0.1, -0.05) is 76.1 Å². The fourth-order valence-corrected chi connectivity index (χ4v) is 2.65. The summed E-state index contributed by atoms with van der Waals surface area (Å²) in [4.78, 5) is 0. The molecule has 2 rings (SSSR count). The molecule has 1 aliphatic heterocycles. The van der Waals surface area contributed by atoms with Crippen LogP contribution in [0.15, 0.2) is 24.3 Å². The van der Waals surface area contributed by atoms with Gasteiger partial charge in [-0.2, -0.15) is 0 Å². The van der Waals surface area contributed by atoms with E-state index in [-0.39, 0.29) is 0 Å². The lowest BCUT2D eigenvalue weighted by Gasteiger charge is -2.04. The molecule has 0 N–H and O–H groups in total. The molecule has 1 atom stereocenters. The topological polar surface area (TPSA) is 12.5 Å². The van der Waals surface area contributed by atoms with Crippen molar-refractivity contribution in [2.45, 2.75) is 70.8 Å². The van der Waals surface area contributed by atoms with E-state index in [4.69, 9.17) is 4.74 Å². The van der Waals surface area contributed by atoms with E-state index >= 15 is 0 Å². The van der Waals surface area contributed by atoms with E-state index < -0.39 is 0 Å². The molecule has 0 radical (unpaired) electrons. The van der Waals surface area contributed by atoms with Gasteiger partial charge < -0.3 is 4.74 Å². The lowest BCUT2D eigenvalue weighted by Crippen LogP contribution is -1.89. The third kappa shape index (κ3) is 5.78. The third-order valence-corrected chi connectivity index (χ3v) is 3.98. The number of ether oxygens (including phenoxy) is 1. The largest absolute Gasteiger partial charge is 0.368 e. The summed E-state index contributed by atoms with van der Waals surface area (Å²) < 4.78 is 5.34. The summed E-state index contributed by atoms with van der Waals surface area (Å²) in [5.41, 5.74) is 2.86. The van der Waals surface area contributed by atoms with Gasteiger partial charge in [0.1, 0.15) is 6.10 Å².